The van der Waals surface area contributed by atoms with Gasteiger partial charge < -0.3 is 0 Å². The Morgan fingerprint density at radius 3 is 2.47 bits per heavy atom. The second kappa shape index (κ2) is 5.01. The number of nitrogens with one attached hydrogen (secondary N) is 3. The quantitative estimate of drug-likeness (QED) is 0.590. The summed E-state index contributed by atoms with van der Waals surface area (Å²) in [6.45, 7) is 0. The summed E-state index contributed by atoms with van der Waals surface area (Å²) in [4.78, 5) is 11.2. The molecule has 0 saturated heterocycles. The molecule has 19 heavy (non-hydrogen) atoms. The number of hydrogen-bond donors (Lipinski definition) is 3. The number of nitrogens with zero attached hydrogens (tertiary/aromatic N) is 1. The lowest BCUT2D eigenvalue weighted by atomic mass is 10.2. The van der Waals surface area contributed by atoms with E-state index in [1.54, 1.807) is 35.4 Å². The van der Waals surface area contributed by atoms with Crippen LogP contribution in [0.15, 0.2) is 40.2 Å². The molecule has 0 bridgehead atoms. The maximum Gasteiger partial charge on any atom is 0.433 e. The van der Waals surface area contributed by atoms with Crippen LogP contribution in [0.25, 0.3) is 0 Å². The lowest BCUT2D eigenvalue weighted by Gasteiger charge is -2.03. The molecular formula is C11H9F3N4O. The van der Waals surface area contributed by atoms with Crippen molar-refractivity contribution >= 4 is 11.9 Å². The first-order chi connectivity index (χ1) is 8.98. The third-order valence-corrected chi connectivity index (χ3v) is 2.26. The summed E-state index contributed by atoms with van der Waals surface area (Å²) in [6, 6.07) is 8.63. The molecule has 100 valence electrons. The number of para-hydroxylation sites is 1. The number of anilines is 1. The van der Waals surface area contributed by atoms with Crippen molar-refractivity contribution in [2.45, 2.75) is 6.18 Å². The highest BCUT2D eigenvalue weighted by molar-refractivity contribution is 5.81. The van der Waals surface area contributed by atoms with E-state index in [1.807, 2.05) is 5.10 Å². The molecule has 0 unspecified atom stereocenters. The van der Waals surface area contributed by atoms with E-state index in [4.69, 9.17) is 0 Å². The fraction of sp³-hybridized carbons (Fsp3) is 0.0909. The summed E-state index contributed by atoms with van der Waals surface area (Å²) >= 11 is 0. The zero-order chi connectivity index (χ0) is 13.9. The summed E-state index contributed by atoms with van der Waals surface area (Å²) in [7, 11) is 0. The molecule has 0 saturated carbocycles. The molecule has 0 amide bonds. The molecule has 0 aliphatic rings. The minimum Gasteiger partial charge on any atom is -0.293 e. The van der Waals surface area contributed by atoms with Crippen molar-refractivity contribution < 1.29 is 13.2 Å². The minimum atomic E-state index is -4.65. The van der Waals surface area contributed by atoms with Crippen LogP contribution in [0.2, 0.25) is 0 Å². The van der Waals surface area contributed by atoms with Gasteiger partial charge in [0, 0.05) is 0 Å². The maximum absolute atomic E-state index is 12.5. The Morgan fingerprint density at radius 2 is 1.84 bits per heavy atom. The monoisotopic (exact) mass is 270 g/mol. The van der Waals surface area contributed by atoms with Gasteiger partial charge in [0.1, 0.15) is 0 Å². The summed E-state index contributed by atoms with van der Waals surface area (Å²) in [5.74, 6) is 0. The number of benzene rings is 1. The van der Waals surface area contributed by atoms with E-state index in [-0.39, 0.29) is 0 Å². The van der Waals surface area contributed by atoms with Crippen LogP contribution in [0.5, 0.6) is 0 Å². The number of hydrazone groups is 1. The Bertz CT molecular complexity index is 627. The number of H-pyrrole nitrogens is 2. The van der Waals surface area contributed by atoms with Crippen LogP contribution in [0.1, 0.15) is 11.3 Å². The van der Waals surface area contributed by atoms with Gasteiger partial charge in [-0.25, -0.2) is 0 Å². The first kappa shape index (κ1) is 12.9. The molecule has 1 heterocycles. The molecule has 5 nitrogen and oxygen atoms in total. The molecule has 0 spiro atoms. The lowest BCUT2D eigenvalue weighted by Crippen LogP contribution is -2.13. The second-order valence-corrected chi connectivity index (χ2v) is 3.60. The average Bonchev–Trinajstić information content (AvgIpc) is 2.72. The predicted molar refractivity (Wildman–Crippen MR) is 64.1 cm³/mol. The Hall–Kier alpha value is -2.51. The number of halogens is 3. The molecule has 0 fully saturated rings. The second-order valence-electron chi connectivity index (χ2n) is 3.60. The minimum absolute atomic E-state index is 0.573. The summed E-state index contributed by atoms with van der Waals surface area (Å²) < 4.78 is 37.6. The lowest BCUT2D eigenvalue weighted by molar-refractivity contribution is -0.141. The van der Waals surface area contributed by atoms with E-state index in [2.05, 4.69) is 10.5 Å². The molecule has 1 aromatic heterocycles. The number of aromatic amines is 2. The molecule has 8 heteroatoms. The van der Waals surface area contributed by atoms with Gasteiger partial charge in [0.25, 0.3) is 5.56 Å². The SMILES string of the molecule is O=c1[nH][nH]c(C(F)(F)F)c1C=NNc1ccccc1. The van der Waals surface area contributed by atoms with Gasteiger partial charge in [-0.2, -0.15) is 18.3 Å². The molecule has 2 aromatic rings. The molecule has 2 rings (SSSR count). The smallest absolute Gasteiger partial charge is 0.293 e. The Labute approximate surface area is 105 Å². The highest BCUT2D eigenvalue weighted by atomic mass is 19.4. The summed E-state index contributed by atoms with van der Waals surface area (Å²) in [6.07, 6.45) is -3.82. The zero-order valence-corrected chi connectivity index (χ0v) is 9.45. The van der Waals surface area contributed by atoms with Crippen LogP contribution in [0.4, 0.5) is 18.9 Å². The van der Waals surface area contributed by atoms with Crippen molar-refractivity contribution in [3.8, 4) is 0 Å². The van der Waals surface area contributed by atoms with Crippen molar-refractivity contribution in [3.05, 3.63) is 51.9 Å². The normalized spacial score (nSPS) is 11.9. The molecule has 0 aliphatic carbocycles. The van der Waals surface area contributed by atoms with Crippen LogP contribution in [-0.2, 0) is 6.18 Å². The number of rotatable bonds is 3. The standard InChI is InChI=1S/C11H9F3N4O/c12-11(13,14)9-8(10(19)18-17-9)6-15-16-7-4-2-1-3-5-7/h1-6,16H,(H2,17,18,19). The fourth-order valence-corrected chi connectivity index (χ4v) is 1.40. The van der Waals surface area contributed by atoms with E-state index in [9.17, 15) is 18.0 Å². The Kier molecular flexibility index (Phi) is 3.41. The molecule has 0 aliphatic heterocycles. The predicted octanol–water partition coefficient (Wildman–Crippen LogP) is 2.17. The zero-order valence-electron chi connectivity index (χ0n) is 9.45. The summed E-state index contributed by atoms with van der Waals surface area (Å²) in [5.41, 5.74) is 0.508. The van der Waals surface area contributed by atoms with Gasteiger partial charge in [0.05, 0.1) is 17.5 Å². The topological polar surface area (TPSA) is 73.0 Å². The molecule has 0 radical (unpaired) electrons. The fourth-order valence-electron chi connectivity index (χ4n) is 1.40. The maximum atomic E-state index is 12.5. The first-order valence-corrected chi connectivity index (χ1v) is 5.20. The van der Waals surface area contributed by atoms with Crippen molar-refractivity contribution in [2.24, 2.45) is 5.10 Å². The van der Waals surface area contributed by atoms with E-state index in [0.717, 1.165) is 6.21 Å². The van der Waals surface area contributed by atoms with Gasteiger partial charge in [0.15, 0.2) is 5.69 Å². The van der Waals surface area contributed by atoms with Gasteiger partial charge in [-0.3, -0.25) is 20.4 Å². The number of hydrogen-bond acceptors (Lipinski definition) is 3. The molecule has 1 aromatic carbocycles. The van der Waals surface area contributed by atoms with Gasteiger partial charge in [-0.15, -0.1) is 0 Å². The molecule has 3 N–H and O–H groups in total. The first-order valence-electron chi connectivity index (χ1n) is 5.20. The highest BCUT2D eigenvalue weighted by Gasteiger charge is 2.36. The van der Waals surface area contributed by atoms with Gasteiger partial charge in [-0.05, 0) is 12.1 Å². The third kappa shape index (κ3) is 3.03. The third-order valence-electron chi connectivity index (χ3n) is 2.26. The van der Waals surface area contributed by atoms with E-state index in [0.29, 0.717) is 5.69 Å². The largest absolute Gasteiger partial charge is 0.433 e. The van der Waals surface area contributed by atoms with E-state index < -0.39 is 23.0 Å². The van der Waals surface area contributed by atoms with Crippen molar-refractivity contribution in [1.29, 1.82) is 0 Å². The van der Waals surface area contributed by atoms with Crippen molar-refractivity contribution in [1.82, 2.24) is 10.2 Å². The Balaban J connectivity index is 2.20. The average molecular weight is 270 g/mol. The van der Waals surface area contributed by atoms with Crippen LogP contribution < -0.4 is 11.0 Å². The highest BCUT2D eigenvalue weighted by Crippen LogP contribution is 2.28. The Morgan fingerprint density at radius 1 is 1.16 bits per heavy atom. The van der Waals surface area contributed by atoms with Crippen LogP contribution >= 0.6 is 0 Å². The van der Waals surface area contributed by atoms with E-state index >= 15 is 0 Å². The van der Waals surface area contributed by atoms with Crippen LogP contribution in [-0.4, -0.2) is 16.4 Å². The van der Waals surface area contributed by atoms with Crippen LogP contribution in [0, 0.1) is 0 Å². The van der Waals surface area contributed by atoms with Crippen LogP contribution in [0.3, 0.4) is 0 Å². The van der Waals surface area contributed by atoms with Gasteiger partial charge >= 0.3 is 6.18 Å². The van der Waals surface area contributed by atoms with Gasteiger partial charge in [-0.1, -0.05) is 18.2 Å². The number of aromatic nitrogens is 2. The van der Waals surface area contributed by atoms with Crippen molar-refractivity contribution in [3.63, 3.8) is 0 Å². The molecule has 0 atom stereocenters. The van der Waals surface area contributed by atoms with Gasteiger partial charge in [0.2, 0.25) is 0 Å². The van der Waals surface area contributed by atoms with Crippen molar-refractivity contribution in [2.75, 3.05) is 5.43 Å². The molecular weight excluding hydrogens is 261 g/mol. The van der Waals surface area contributed by atoms with E-state index in [1.165, 1.54) is 0 Å². The number of alkyl halides is 3. The summed E-state index contributed by atoms with van der Waals surface area (Å²) in [5, 5.41) is 7.26.